The molecule has 0 atom stereocenters. The minimum absolute atomic E-state index is 0.112. The van der Waals surface area contributed by atoms with Gasteiger partial charge in [-0.1, -0.05) is 0 Å². The molecule has 2 N–H and O–H groups in total. The van der Waals surface area contributed by atoms with E-state index in [-0.39, 0.29) is 4.90 Å². The first-order valence-electron chi connectivity index (χ1n) is 5.36. The molecule has 0 aliphatic carbocycles. The minimum Gasteiger partial charge on any atom is -0.255 e. The average molecular weight is 319 g/mol. The summed E-state index contributed by atoms with van der Waals surface area (Å²) in [4.78, 5) is -0.112. The highest BCUT2D eigenvalue weighted by Crippen LogP contribution is 2.27. The van der Waals surface area contributed by atoms with Crippen LogP contribution in [0.3, 0.4) is 0 Å². The topological polar surface area (TPSA) is 78.0 Å². The van der Waals surface area contributed by atoms with Crippen LogP contribution in [0, 0.1) is 0 Å². The number of primary sulfonamides is 1. The molecule has 0 aliphatic rings. The summed E-state index contributed by atoms with van der Waals surface area (Å²) >= 11 is 0.362. The van der Waals surface area contributed by atoms with Gasteiger partial charge < -0.3 is 0 Å². The second-order valence-corrected chi connectivity index (χ2v) is 6.71. The number of hydrogen-bond donors (Lipinski definition) is 1. The lowest BCUT2D eigenvalue weighted by Gasteiger charge is -2.06. The average Bonchev–Trinajstić information content (AvgIpc) is 2.70. The molecule has 0 radical (unpaired) electrons. The Bertz CT molecular complexity index is 738. The van der Waals surface area contributed by atoms with Gasteiger partial charge in [0.2, 0.25) is 10.0 Å². The van der Waals surface area contributed by atoms with Crippen molar-refractivity contribution >= 4 is 30.9 Å². The van der Waals surface area contributed by atoms with Crippen molar-refractivity contribution in [2.75, 3.05) is 0 Å². The first-order chi connectivity index (χ1) is 9.09. The molecule has 0 aliphatic heterocycles. The summed E-state index contributed by atoms with van der Waals surface area (Å²) in [5.74, 6) is 0. The van der Waals surface area contributed by atoms with E-state index in [9.17, 15) is 21.6 Å². The Balaban J connectivity index is 2.45. The Kier molecular flexibility index (Phi) is 3.68. The Morgan fingerprint density at radius 3 is 2.15 bits per heavy atom. The summed E-state index contributed by atoms with van der Waals surface area (Å²) in [5.41, 5.74) is -0.629. The van der Waals surface area contributed by atoms with Crippen molar-refractivity contribution in [2.45, 2.75) is 11.1 Å². The number of aromatic nitrogens is 2. The Morgan fingerprint density at radius 1 is 1.20 bits per heavy atom. The summed E-state index contributed by atoms with van der Waals surface area (Å²) in [6.07, 6.45) is -4.51. The molecule has 1 aromatic heterocycles. The zero-order valence-corrected chi connectivity index (χ0v) is 13.0. The third kappa shape index (κ3) is 3.04. The lowest BCUT2D eigenvalue weighted by atomic mass is 10.3. The molecule has 20 heavy (non-hydrogen) atoms. The highest BCUT2D eigenvalue weighted by molar-refractivity contribution is 7.89. The number of rotatable bonds is 2. The quantitative estimate of drug-likeness (QED) is 0.779. The van der Waals surface area contributed by atoms with Gasteiger partial charge in [0.25, 0.3) is 16.3 Å². The molecule has 5 nitrogen and oxygen atoms in total. The predicted octanol–water partition coefficient (Wildman–Crippen LogP) is -0.203. The molecule has 1 aromatic carbocycles. The summed E-state index contributed by atoms with van der Waals surface area (Å²) in [7, 11) is -3.83. The van der Waals surface area contributed by atoms with Gasteiger partial charge in [0.1, 0.15) is 0 Å². The Labute approximate surface area is 120 Å². The molecular formula is C10H9AlF3N3O2S. The number of hydrogen-bond acceptors (Lipinski definition) is 3. The van der Waals surface area contributed by atoms with Crippen LogP contribution >= 0.6 is 0 Å². The summed E-state index contributed by atoms with van der Waals surface area (Å²) in [5, 5.41) is 8.43. The third-order valence-corrected chi connectivity index (χ3v) is 4.23. The SMILES string of the molecule is NS(=O)(=O)c1ccc(-n2nc(C(F)(F)F)c[c]2[AlH2])cc1. The maximum absolute atomic E-state index is 12.6. The van der Waals surface area contributed by atoms with E-state index < -0.39 is 21.9 Å². The zero-order chi connectivity index (χ0) is 15.1. The zero-order valence-electron chi connectivity index (χ0n) is 10.2. The Hall–Kier alpha value is -1.34. The molecule has 0 spiro atoms. The van der Waals surface area contributed by atoms with Crippen LogP contribution in [0.2, 0.25) is 0 Å². The molecule has 1 heterocycles. The van der Waals surface area contributed by atoms with E-state index in [0.717, 1.165) is 10.7 Å². The van der Waals surface area contributed by atoms with E-state index in [1.807, 2.05) is 0 Å². The lowest BCUT2D eigenvalue weighted by Crippen LogP contribution is -2.16. The highest BCUT2D eigenvalue weighted by Gasteiger charge is 2.34. The molecule has 0 saturated carbocycles. The molecule has 0 bridgehead atoms. The predicted molar refractivity (Wildman–Crippen MR) is 68.1 cm³/mol. The van der Waals surface area contributed by atoms with Crippen LogP contribution in [-0.2, 0) is 16.2 Å². The van der Waals surface area contributed by atoms with Crippen molar-refractivity contribution in [1.82, 2.24) is 9.78 Å². The Morgan fingerprint density at radius 2 is 1.75 bits per heavy atom. The molecule has 2 rings (SSSR count). The highest BCUT2D eigenvalue weighted by atomic mass is 32.2. The van der Waals surface area contributed by atoms with Crippen molar-refractivity contribution in [3.05, 3.63) is 36.0 Å². The van der Waals surface area contributed by atoms with Gasteiger partial charge in [-0.3, -0.25) is 4.68 Å². The standard InChI is InChI=1S/C10H7F3N3O2S.Al.2H/c11-10(12,13)9-5-6-16(15-9)7-1-3-8(4-2-7)19(14,17)18;;;/h1-5H,(H2,14,17,18);;;. The maximum atomic E-state index is 12.6. The van der Waals surface area contributed by atoms with Gasteiger partial charge in [-0.2, -0.15) is 18.3 Å². The first-order valence-corrected chi connectivity index (χ1v) is 7.91. The van der Waals surface area contributed by atoms with Crippen molar-refractivity contribution in [1.29, 1.82) is 0 Å². The maximum Gasteiger partial charge on any atom is 0.435 e. The van der Waals surface area contributed by atoms with Crippen molar-refractivity contribution in [2.24, 2.45) is 5.14 Å². The number of alkyl halides is 3. The molecule has 0 amide bonds. The monoisotopic (exact) mass is 319 g/mol. The number of halogens is 3. The smallest absolute Gasteiger partial charge is 0.255 e. The van der Waals surface area contributed by atoms with Gasteiger partial charge >= 0.3 is 6.18 Å². The molecule has 2 aromatic rings. The molecular weight excluding hydrogens is 310 g/mol. The van der Waals surface area contributed by atoms with Gasteiger partial charge in [0, 0.05) is 0 Å². The van der Waals surface area contributed by atoms with Gasteiger partial charge in [-0.15, -0.1) is 0 Å². The van der Waals surface area contributed by atoms with Gasteiger partial charge in [0.05, 0.1) is 10.6 Å². The van der Waals surface area contributed by atoms with Crippen LogP contribution in [-0.4, -0.2) is 34.5 Å². The van der Waals surface area contributed by atoms with E-state index in [1.54, 1.807) is 0 Å². The number of sulfonamides is 1. The van der Waals surface area contributed by atoms with Crippen molar-refractivity contribution in [3.8, 4) is 5.69 Å². The number of nitrogens with zero attached hydrogens (tertiary/aromatic N) is 2. The molecule has 0 saturated heterocycles. The molecule has 106 valence electrons. The van der Waals surface area contributed by atoms with E-state index in [1.165, 1.54) is 24.3 Å². The van der Waals surface area contributed by atoms with Crippen molar-refractivity contribution in [3.63, 3.8) is 0 Å². The van der Waals surface area contributed by atoms with Gasteiger partial charge in [0.15, 0.2) is 5.69 Å². The van der Waals surface area contributed by atoms with E-state index in [4.69, 9.17) is 5.14 Å². The van der Waals surface area contributed by atoms with Crippen LogP contribution < -0.4 is 9.69 Å². The number of nitrogens with two attached hydrogens (primary N) is 1. The van der Waals surface area contributed by atoms with Crippen LogP contribution in [0.5, 0.6) is 0 Å². The van der Waals surface area contributed by atoms with Crippen LogP contribution in [0.25, 0.3) is 5.69 Å². The summed E-state index contributed by atoms with van der Waals surface area (Å²) in [6, 6.07) is 6.13. The second kappa shape index (κ2) is 4.89. The number of benzene rings is 1. The second-order valence-electron chi connectivity index (χ2n) is 4.12. The summed E-state index contributed by atoms with van der Waals surface area (Å²) in [6.45, 7) is 0. The fourth-order valence-corrected chi connectivity index (χ4v) is 2.80. The molecule has 0 fully saturated rings. The molecule has 0 unspecified atom stereocenters. The van der Waals surface area contributed by atoms with E-state index in [0.29, 0.717) is 26.5 Å². The fourth-order valence-electron chi connectivity index (χ4n) is 1.65. The molecule has 10 heteroatoms. The minimum atomic E-state index is -4.51. The van der Waals surface area contributed by atoms with Crippen LogP contribution in [0.15, 0.2) is 35.2 Å². The first kappa shape index (κ1) is 15.1. The van der Waals surface area contributed by atoms with E-state index in [2.05, 4.69) is 5.10 Å². The third-order valence-electron chi connectivity index (χ3n) is 2.59. The lowest BCUT2D eigenvalue weighted by molar-refractivity contribution is -0.141. The largest absolute Gasteiger partial charge is 0.435 e. The van der Waals surface area contributed by atoms with Crippen LogP contribution in [0.4, 0.5) is 13.2 Å². The van der Waals surface area contributed by atoms with E-state index >= 15 is 0 Å². The fraction of sp³-hybridized carbons (Fsp3) is 0.100. The van der Waals surface area contributed by atoms with Gasteiger partial charge in [-0.25, -0.2) is 13.6 Å². The van der Waals surface area contributed by atoms with Gasteiger partial charge in [-0.05, 0) is 34.9 Å². The van der Waals surface area contributed by atoms with Crippen molar-refractivity contribution < 1.29 is 21.6 Å². The normalized spacial score (nSPS) is 12.6. The van der Waals surface area contributed by atoms with Crippen LogP contribution in [0.1, 0.15) is 5.69 Å². The summed E-state index contributed by atoms with van der Waals surface area (Å²) < 4.78 is 61.4.